The lowest BCUT2D eigenvalue weighted by Gasteiger charge is -2.03. The highest BCUT2D eigenvalue weighted by molar-refractivity contribution is 5.37. The maximum atomic E-state index is 7.10. The van der Waals surface area contributed by atoms with Crippen LogP contribution in [0.3, 0.4) is 0 Å². The molecular weight excluding hydrogens is 162 g/mol. The Kier molecular flexibility index (Phi) is 1.73. The van der Waals surface area contributed by atoms with E-state index in [0.29, 0.717) is 0 Å². The van der Waals surface area contributed by atoms with Gasteiger partial charge in [0, 0.05) is 18.4 Å². The first-order valence-corrected chi connectivity index (χ1v) is 4.34. The average Bonchev–Trinajstić information content (AvgIpc) is 2.99. The Bertz CT molecular complexity index is 343. The quantitative estimate of drug-likeness (QED) is 0.627. The van der Waals surface area contributed by atoms with Gasteiger partial charge in [-0.2, -0.15) is 0 Å². The molecule has 0 aliphatic heterocycles. The summed E-state index contributed by atoms with van der Waals surface area (Å²) in [6.07, 6.45) is 2.01. The van der Waals surface area contributed by atoms with Crippen molar-refractivity contribution in [3.63, 3.8) is 0 Å². The monoisotopic (exact) mass is 173 g/mol. The largest absolute Gasteiger partial charge is 0.497 e. The standard InChI is InChI=1S/C11H11NO/c1-12-11(7-8-11)9-3-5-10(13-2)6-4-9/h3-6H,7-8H2,2H3. The molecule has 1 fully saturated rings. The number of rotatable bonds is 2. The Labute approximate surface area is 78.0 Å². The summed E-state index contributed by atoms with van der Waals surface area (Å²) in [7, 11) is 1.65. The molecule has 2 rings (SSSR count). The van der Waals surface area contributed by atoms with Gasteiger partial charge in [0.15, 0.2) is 0 Å². The molecule has 0 radical (unpaired) electrons. The fraction of sp³-hybridized carbons (Fsp3) is 0.364. The van der Waals surface area contributed by atoms with Gasteiger partial charge in [0.1, 0.15) is 5.75 Å². The van der Waals surface area contributed by atoms with Gasteiger partial charge in [0.25, 0.3) is 5.54 Å². The van der Waals surface area contributed by atoms with Crippen molar-refractivity contribution < 1.29 is 4.74 Å². The first kappa shape index (κ1) is 8.12. The summed E-state index contributed by atoms with van der Waals surface area (Å²) in [5.41, 5.74) is 0.940. The van der Waals surface area contributed by atoms with Crippen molar-refractivity contribution in [3.8, 4) is 5.75 Å². The van der Waals surface area contributed by atoms with Gasteiger partial charge in [-0.3, -0.25) is 0 Å². The SMILES string of the molecule is [C-]#[N+]C1(c2ccc(OC)cc2)CC1. The highest BCUT2D eigenvalue weighted by Gasteiger charge is 2.52. The fourth-order valence-electron chi connectivity index (χ4n) is 1.48. The van der Waals surface area contributed by atoms with Gasteiger partial charge in [0.05, 0.1) is 7.11 Å². The van der Waals surface area contributed by atoms with Gasteiger partial charge in [-0.05, 0) is 24.3 Å². The summed E-state index contributed by atoms with van der Waals surface area (Å²) in [6, 6.07) is 7.81. The van der Waals surface area contributed by atoms with Crippen molar-refractivity contribution in [1.82, 2.24) is 0 Å². The van der Waals surface area contributed by atoms with Crippen LogP contribution in [-0.4, -0.2) is 7.11 Å². The Morgan fingerprint density at radius 2 is 1.92 bits per heavy atom. The van der Waals surface area contributed by atoms with Crippen LogP contribution in [0, 0.1) is 6.57 Å². The minimum atomic E-state index is -0.188. The smallest absolute Gasteiger partial charge is 0.258 e. The van der Waals surface area contributed by atoms with Gasteiger partial charge in [0.2, 0.25) is 0 Å². The van der Waals surface area contributed by atoms with Crippen LogP contribution in [0.4, 0.5) is 0 Å². The van der Waals surface area contributed by atoms with Crippen LogP contribution in [0.5, 0.6) is 5.75 Å². The first-order chi connectivity index (χ1) is 6.30. The van der Waals surface area contributed by atoms with Gasteiger partial charge in [-0.25, -0.2) is 6.57 Å². The molecule has 0 amide bonds. The van der Waals surface area contributed by atoms with Crippen molar-refractivity contribution in [2.45, 2.75) is 18.4 Å². The lowest BCUT2D eigenvalue weighted by molar-refractivity contribution is 0.414. The normalized spacial score (nSPS) is 17.5. The van der Waals surface area contributed by atoms with E-state index in [4.69, 9.17) is 11.3 Å². The van der Waals surface area contributed by atoms with Gasteiger partial charge in [-0.15, -0.1) is 0 Å². The van der Waals surface area contributed by atoms with Crippen LogP contribution in [0.25, 0.3) is 4.85 Å². The molecule has 0 spiro atoms. The van der Waals surface area contributed by atoms with E-state index in [1.165, 1.54) is 0 Å². The zero-order valence-corrected chi connectivity index (χ0v) is 7.58. The molecule has 0 bridgehead atoms. The Morgan fingerprint density at radius 3 is 2.31 bits per heavy atom. The Hall–Kier alpha value is -1.49. The molecule has 66 valence electrons. The number of ether oxygens (including phenoxy) is 1. The number of hydrogen-bond acceptors (Lipinski definition) is 1. The Morgan fingerprint density at radius 1 is 1.31 bits per heavy atom. The highest BCUT2D eigenvalue weighted by atomic mass is 16.5. The van der Waals surface area contributed by atoms with Crippen LogP contribution in [-0.2, 0) is 5.54 Å². The van der Waals surface area contributed by atoms with E-state index in [-0.39, 0.29) is 5.54 Å². The average molecular weight is 173 g/mol. The molecule has 13 heavy (non-hydrogen) atoms. The van der Waals surface area contributed by atoms with Crippen molar-refractivity contribution in [2.75, 3.05) is 7.11 Å². The second-order valence-electron chi connectivity index (χ2n) is 3.37. The van der Waals surface area contributed by atoms with E-state index in [1.807, 2.05) is 24.3 Å². The number of methoxy groups -OCH3 is 1. The minimum absolute atomic E-state index is 0.188. The predicted molar refractivity (Wildman–Crippen MR) is 50.5 cm³/mol. The van der Waals surface area contributed by atoms with Crippen molar-refractivity contribution >= 4 is 0 Å². The first-order valence-electron chi connectivity index (χ1n) is 4.34. The second-order valence-corrected chi connectivity index (χ2v) is 3.37. The summed E-state index contributed by atoms with van der Waals surface area (Å²) in [6.45, 7) is 7.10. The topological polar surface area (TPSA) is 13.6 Å². The third kappa shape index (κ3) is 1.27. The maximum Gasteiger partial charge on any atom is 0.258 e. The van der Waals surface area contributed by atoms with E-state index < -0.39 is 0 Å². The van der Waals surface area contributed by atoms with Crippen molar-refractivity contribution in [1.29, 1.82) is 0 Å². The van der Waals surface area contributed by atoms with Gasteiger partial charge >= 0.3 is 0 Å². The molecule has 1 aliphatic rings. The molecule has 0 heterocycles. The van der Waals surface area contributed by atoms with Crippen LogP contribution < -0.4 is 4.74 Å². The third-order valence-electron chi connectivity index (χ3n) is 2.56. The zero-order chi connectivity index (χ0) is 9.31. The molecule has 1 aromatic rings. The summed E-state index contributed by atoms with van der Waals surface area (Å²) < 4.78 is 5.06. The number of nitrogens with zero attached hydrogens (tertiary/aromatic N) is 1. The maximum absolute atomic E-state index is 7.10. The lowest BCUT2D eigenvalue weighted by Crippen LogP contribution is -1.98. The van der Waals surface area contributed by atoms with Crippen LogP contribution >= 0.6 is 0 Å². The van der Waals surface area contributed by atoms with Gasteiger partial charge in [-0.1, -0.05) is 0 Å². The summed E-state index contributed by atoms with van der Waals surface area (Å²) in [4.78, 5) is 3.67. The predicted octanol–water partition coefficient (Wildman–Crippen LogP) is 2.60. The summed E-state index contributed by atoms with van der Waals surface area (Å²) >= 11 is 0. The van der Waals surface area contributed by atoms with Crippen LogP contribution in [0.2, 0.25) is 0 Å². The Balaban J connectivity index is 2.29. The minimum Gasteiger partial charge on any atom is -0.497 e. The van der Waals surface area contributed by atoms with Crippen LogP contribution in [0.15, 0.2) is 24.3 Å². The molecule has 0 unspecified atom stereocenters. The summed E-state index contributed by atoms with van der Waals surface area (Å²) in [5, 5.41) is 0. The lowest BCUT2D eigenvalue weighted by atomic mass is 10.1. The van der Waals surface area contributed by atoms with E-state index in [0.717, 1.165) is 24.2 Å². The highest BCUT2D eigenvalue weighted by Crippen LogP contribution is 2.49. The number of hydrogen-bond donors (Lipinski definition) is 0. The molecule has 1 aromatic carbocycles. The molecule has 1 aliphatic carbocycles. The molecular formula is C11H11NO. The van der Waals surface area contributed by atoms with Crippen LogP contribution in [0.1, 0.15) is 18.4 Å². The summed E-state index contributed by atoms with van der Waals surface area (Å²) in [5.74, 6) is 0.851. The molecule has 0 saturated heterocycles. The van der Waals surface area contributed by atoms with E-state index in [2.05, 4.69) is 4.85 Å². The van der Waals surface area contributed by atoms with E-state index in [9.17, 15) is 0 Å². The van der Waals surface area contributed by atoms with Gasteiger partial charge < -0.3 is 9.58 Å². The van der Waals surface area contributed by atoms with E-state index >= 15 is 0 Å². The molecule has 2 heteroatoms. The second kappa shape index (κ2) is 2.77. The zero-order valence-electron chi connectivity index (χ0n) is 7.58. The molecule has 0 N–H and O–H groups in total. The van der Waals surface area contributed by atoms with E-state index in [1.54, 1.807) is 7.11 Å². The van der Waals surface area contributed by atoms with Crippen molar-refractivity contribution in [2.24, 2.45) is 0 Å². The molecule has 0 aromatic heterocycles. The molecule has 2 nitrogen and oxygen atoms in total. The van der Waals surface area contributed by atoms with Crippen molar-refractivity contribution in [3.05, 3.63) is 41.2 Å². The molecule has 0 atom stereocenters. The molecule has 1 saturated carbocycles. The fourth-order valence-corrected chi connectivity index (χ4v) is 1.48. The third-order valence-corrected chi connectivity index (χ3v) is 2.56. The number of benzene rings is 1.